The lowest BCUT2D eigenvalue weighted by Gasteiger charge is -2.68. The van der Waals surface area contributed by atoms with Gasteiger partial charge in [0.1, 0.15) is 11.4 Å². The Bertz CT molecular complexity index is 2010. The van der Waals surface area contributed by atoms with Crippen LogP contribution in [0.1, 0.15) is 79.7 Å². The van der Waals surface area contributed by atoms with Gasteiger partial charge in [-0.15, -0.1) is 0 Å². The maximum atomic E-state index is 15.3. The smallest absolute Gasteiger partial charge is 0.331 e. The van der Waals surface area contributed by atoms with Gasteiger partial charge in [0.25, 0.3) is 0 Å². The van der Waals surface area contributed by atoms with E-state index in [1.54, 1.807) is 12.2 Å². The Kier molecular flexibility index (Phi) is 8.44. The minimum atomic E-state index is -1.73. The molecular formula is C44H55N3O7. The summed E-state index contributed by atoms with van der Waals surface area (Å²) in [6.45, 7) is 13.3. The molecule has 0 aliphatic heterocycles. The van der Waals surface area contributed by atoms with Crippen LogP contribution in [0.15, 0.2) is 88.5 Å². The summed E-state index contributed by atoms with van der Waals surface area (Å²) in [6.07, 6.45) is 12.2. The molecule has 6 aliphatic rings. The quantitative estimate of drug-likeness (QED) is 0.102. The molecule has 10 nitrogen and oxygen atoms in total. The maximum Gasteiger partial charge on any atom is 0.331 e. The number of aliphatic hydroxyl groups excluding tert-OH is 1. The Morgan fingerprint density at radius 1 is 1.02 bits per heavy atom. The summed E-state index contributed by atoms with van der Waals surface area (Å²) in [5.41, 5.74) is 5.56. The second-order valence-corrected chi connectivity index (χ2v) is 18.4. The number of carbonyl (C=O) groups is 3. The van der Waals surface area contributed by atoms with Crippen molar-refractivity contribution in [2.75, 3.05) is 0 Å². The minimum Gasteiger partial charge on any atom is -0.478 e. The van der Waals surface area contributed by atoms with Crippen molar-refractivity contribution in [3.05, 3.63) is 89.1 Å². The number of nitrogens with two attached hydrogens (primary N) is 2. The fourth-order valence-corrected chi connectivity index (χ4v) is 13.0. The maximum absolute atomic E-state index is 15.3. The molecule has 0 amide bonds. The van der Waals surface area contributed by atoms with Crippen LogP contribution in [-0.2, 0) is 14.4 Å². The molecule has 7 rings (SSSR count). The topological polar surface area (TPSA) is 197 Å². The first kappa shape index (κ1) is 38.2. The zero-order chi connectivity index (χ0) is 39.6. The number of ketones is 2. The SMILES string of the molecule is CC(=C[C@@H](O)[C@@H]1[C@H](N=C(N)N)C=C[C@]2(C[C@]3(O)C=C[C@@]4(O)C5=C(C(=O)C[C@@]2(C)[C@]53C)[C@@]2(C)CCC(=O)C(C)(C)[C@@H]2[C@@H]4C=Cc2ccccc2)[C@H]1C)C(=O)O. The molecule has 1 aromatic rings. The van der Waals surface area contributed by atoms with Crippen LogP contribution in [0.25, 0.3) is 6.08 Å². The number of rotatable bonds is 6. The molecule has 8 N–H and O–H groups in total. The van der Waals surface area contributed by atoms with Gasteiger partial charge in [-0.05, 0) is 60.3 Å². The predicted octanol–water partition coefficient (Wildman–Crippen LogP) is 4.90. The molecular weight excluding hydrogens is 682 g/mol. The highest BCUT2D eigenvalue weighted by atomic mass is 16.4. The van der Waals surface area contributed by atoms with Gasteiger partial charge in [-0.3, -0.25) is 9.59 Å². The van der Waals surface area contributed by atoms with Crippen LogP contribution in [0.2, 0.25) is 0 Å². The highest BCUT2D eigenvalue weighted by molar-refractivity contribution is 6.02. The Morgan fingerprint density at radius 2 is 1.69 bits per heavy atom. The zero-order valence-corrected chi connectivity index (χ0v) is 32.3. The summed E-state index contributed by atoms with van der Waals surface area (Å²) in [4.78, 5) is 45.4. The number of fused-ring (bicyclic) bond motifs is 3. The lowest BCUT2D eigenvalue weighted by molar-refractivity contribution is -0.164. The molecule has 6 aliphatic carbocycles. The van der Waals surface area contributed by atoms with Gasteiger partial charge in [0.05, 0.1) is 17.7 Å². The molecule has 0 saturated heterocycles. The number of nitrogens with zero attached hydrogens (tertiary/aromatic N) is 1. The fraction of sp³-hybridized carbons (Fsp3) is 0.545. The monoisotopic (exact) mass is 737 g/mol. The number of allylic oxidation sites excluding steroid dienone is 2. The van der Waals surface area contributed by atoms with E-state index < -0.39 is 80.1 Å². The molecule has 12 atom stereocenters. The molecule has 0 heterocycles. The largest absolute Gasteiger partial charge is 0.478 e. The van der Waals surface area contributed by atoms with E-state index in [9.17, 15) is 30.0 Å². The van der Waals surface area contributed by atoms with Crippen molar-refractivity contribution in [3.8, 4) is 0 Å². The second-order valence-electron chi connectivity index (χ2n) is 18.4. The Morgan fingerprint density at radius 3 is 2.31 bits per heavy atom. The summed E-state index contributed by atoms with van der Waals surface area (Å²) in [5.74, 6) is -3.67. The number of guanidine groups is 1. The first-order chi connectivity index (χ1) is 25.1. The van der Waals surface area contributed by atoms with E-state index in [1.807, 2.05) is 89.3 Å². The Labute approximate surface area is 317 Å². The lowest BCUT2D eigenvalue weighted by atomic mass is 9.35. The third-order valence-corrected chi connectivity index (χ3v) is 15.7. The van der Waals surface area contributed by atoms with Crippen molar-refractivity contribution in [1.82, 2.24) is 0 Å². The van der Waals surface area contributed by atoms with Crippen molar-refractivity contribution >= 4 is 29.6 Å². The summed E-state index contributed by atoms with van der Waals surface area (Å²) in [5, 5.41) is 48.2. The zero-order valence-electron chi connectivity index (χ0n) is 32.3. The van der Waals surface area contributed by atoms with Gasteiger partial charge in [-0.25, -0.2) is 9.79 Å². The van der Waals surface area contributed by atoms with Gasteiger partial charge < -0.3 is 31.9 Å². The van der Waals surface area contributed by atoms with Gasteiger partial charge in [0.2, 0.25) is 0 Å². The van der Waals surface area contributed by atoms with Gasteiger partial charge in [-0.1, -0.05) is 102 Å². The van der Waals surface area contributed by atoms with Crippen LogP contribution in [-0.4, -0.2) is 67.3 Å². The first-order valence-corrected chi connectivity index (χ1v) is 19.1. The molecule has 2 saturated carbocycles. The van der Waals surface area contributed by atoms with Gasteiger partial charge >= 0.3 is 5.97 Å². The van der Waals surface area contributed by atoms with Crippen LogP contribution >= 0.6 is 0 Å². The van der Waals surface area contributed by atoms with E-state index >= 15 is 4.79 Å². The molecule has 288 valence electrons. The van der Waals surface area contributed by atoms with E-state index in [0.29, 0.717) is 24.0 Å². The van der Waals surface area contributed by atoms with E-state index in [1.165, 1.54) is 13.0 Å². The number of carboxylic acid groups (broad SMARTS) is 1. The Balaban J connectivity index is 1.49. The Hall–Kier alpha value is -4.12. The number of hydrogen-bond acceptors (Lipinski definition) is 7. The van der Waals surface area contributed by atoms with Crippen molar-refractivity contribution in [3.63, 3.8) is 0 Å². The number of Topliss-reactive ketones (excluding diaryl/α,β-unsaturated/α-hetero) is 2. The third-order valence-electron chi connectivity index (χ3n) is 15.7. The van der Waals surface area contributed by atoms with E-state index in [0.717, 1.165) is 5.56 Å². The minimum absolute atomic E-state index is 0.0391. The molecule has 1 spiro atoms. The third kappa shape index (κ3) is 4.68. The average Bonchev–Trinajstić information content (AvgIpc) is 3.24. The van der Waals surface area contributed by atoms with E-state index in [4.69, 9.17) is 11.5 Å². The number of hydrogen-bond donors (Lipinski definition) is 6. The van der Waals surface area contributed by atoms with Crippen molar-refractivity contribution < 1.29 is 34.8 Å². The molecule has 0 bridgehead atoms. The highest BCUT2D eigenvalue weighted by Crippen LogP contribution is 2.82. The van der Waals surface area contributed by atoms with Crippen molar-refractivity contribution in [2.24, 2.45) is 67.2 Å². The number of aliphatic imine (C=N–C) groups is 1. The lowest BCUT2D eigenvalue weighted by Crippen LogP contribution is -2.70. The highest BCUT2D eigenvalue weighted by Gasteiger charge is 2.82. The molecule has 54 heavy (non-hydrogen) atoms. The van der Waals surface area contributed by atoms with Crippen LogP contribution < -0.4 is 11.5 Å². The number of carbonyl (C=O) groups excluding carboxylic acids is 2. The number of benzene rings is 1. The fourth-order valence-electron chi connectivity index (χ4n) is 13.0. The molecule has 1 aromatic carbocycles. The number of carboxylic acids is 1. The average molecular weight is 738 g/mol. The first-order valence-electron chi connectivity index (χ1n) is 19.1. The summed E-state index contributed by atoms with van der Waals surface area (Å²) < 4.78 is 0. The van der Waals surface area contributed by atoms with Crippen molar-refractivity contribution in [1.29, 1.82) is 0 Å². The van der Waals surface area contributed by atoms with Crippen LogP contribution in [0, 0.1) is 50.7 Å². The van der Waals surface area contributed by atoms with Crippen LogP contribution in [0.5, 0.6) is 0 Å². The van der Waals surface area contributed by atoms with Crippen LogP contribution in [0.4, 0.5) is 0 Å². The summed E-state index contributed by atoms with van der Waals surface area (Å²) in [7, 11) is 0. The van der Waals surface area contributed by atoms with E-state index in [2.05, 4.69) is 11.9 Å². The number of aliphatic carboxylic acids is 1. The second kappa shape index (κ2) is 11.9. The molecule has 2 fully saturated rings. The summed E-state index contributed by atoms with van der Waals surface area (Å²) >= 11 is 0. The molecule has 10 heteroatoms. The van der Waals surface area contributed by atoms with Crippen molar-refractivity contribution in [2.45, 2.75) is 97.5 Å². The van der Waals surface area contributed by atoms with Gasteiger partial charge in [0, 0.05) is 57.5 Å². The van der Waals surface area contributed by atoms with E-state index in [-0.39, 0.29) is 35.9 Å². The normalized spacial score (nSPS) is 44.0. The summed E-state index contributed by atoms with van der Waals surface area (Å²) in [6, 6.07) is 9.06. The number of aliphatic hydroxyl groups is 3. The molecule has 0 aromatic heterocycles. The van der Waals surface area contributed by atoms with Gasteiger partial charge in [0.15, 0.2) is 11.7 Å². The standard InChI is InChI=1S/C44H55N3O7/c1-24(36(51)52)21-29(48)32-25(2)42(18-15-28(32)47-37(45)46)23-43(53)19-20-44(54)27(14-13-26-11-9-8-10-12-26)34-38(3,4)31(50)16-17-39(34,5)33-30(49)22-40(42,6)41(43,7)35(33)44/h8-15,18-21,25,27-29,32,34,48,53-54H,16-17,22-23H2,1-7H3,(H,51,52)(H4,45,46,47)/t25-,27-,28+,29+,32-,34-,39+,40-,41-,42-,43+,44-/m0/s1. The molecule has 0 radical (unpaired) electrons. The molecule has 0 unspecified atom stereocenters. The predicted molar refractivity (Wildman–Crippen MR) is 206 cm³/mol. The van der Waals surface area contributed by atoms with Gasteiger partial charge in [-0.2, -0.15) is 0 Å². The van der Waals surface area contributed by atoms with Crippen LogP contribution in [0.3, 0.4) is 0 Å².